The van der Waals surface area contributed by atoms with E-state index in [0.717, 1.165) is 18.8 Å². The molecule has 3 nitrogen and oxygen atoms in total. The maximum atomic E-state index is 5.67. The van der Waals surface area contributed by atoms with Crippen LogP contribution in [0.4, 0.5) is 0 Å². The highest BCUT2D eigenvalue weighted by Crippen LogP contribution is 2.35. The van der Waals surface area contributed by atoms with Crippen LogP contribution in [0.5, 0.6) is 5.75 Å². The van der Waals surface area contributed by atoms with E-state index in [2.05, 4.69) is 70.6 Å². The lowest BCUT2D eigenvalue weighted by atomic mass is 9.57. The number of rotatable bonds is 3. The van der Waals surface area contributed by atoms with E-state index in [9.17, 15) is 0 Å². The Balaban J connectivity index is 2.14. The molecule has 0 radical (unpaired) electrons. The molecule has 0 N–H and O–H groups in total. The lowest BCUT2D eigenvalue weighted by Gasteiger charge is -2.39. The molecule has 2 heterocycles. The van der Waals surface area contributed by atoms with Crippen LogP contribution in [0, 0.1) is 0 Å². The fourth-order valence-corrected chi connectivity index (χ4v) is 3.25. The van der Waals surface area contributed by atoms with Gasteiger partial charge in [0.1, 0.15) is 21.4 Å². The van der Waals surface area contributed by atoms with Crippen molar-refractivity contribution in [3.8, 4) is 5.75 Å². The van der Waals surface area contributed by atoms with E-state index in [1.165, 1.54) is 16.5 Å². The van der Waals surface area contributed by atoms with Crippen molar-refractivity contribution in [2.75, 3.05) is 20.7 Å². The monoisotopic (exact) mass is 268 g/mol. The van der Waals surface area contributed by atoms with Crippen LogP contribution in [0.3, 0.4) is 0 Å². The molecule has 104 valence electrons. The molecule has 0 saturated carbocycles. The summed E-state index contributed by atoms with van der Waals surface area (Å²) in [5.41, 5.74) is 2.68. The molecule has 5 heteroatoms. The number of likely N-dealkylation sites (N-methyl/N-ethyl adjacent to an activating group) is 1. The van der Waals surface area contributed by atoms with Crippen molar-refractivity contribution in [3.63, 3.8) is 0 Å². The van der Waals surface area contributed by atoms with Gasteiger partial charge in [-0.3, -0.25) is 0 Å². The molecule has 0 fully saturated rings. The minimum absolute atomic E-state index is 0.0406. The zero-order valence-corrected chi connectivity index (χ0v) is 13.1. The highest BCUT2D eigenvalue weighted by atomic mass is 16.5. The number of nitrogens with zero attached hydrogens (tertiary/aromatic N) is 2. The molecular formula is C15H22B2N2O. The molecule has 1 aliphatic heterocycles. The second-order valence-electron chi connectivity index (χ2n) is 6.55. The summed E-state index contributed by atoms with van der Waals surface area (Å²) in [4.78, 5) is 2.28. The lowest BCUT2D eigenvalue weighted by molar-refractivity contribution is 0.254. The molecule has 1 aromatic carbocycles. The third kappa shape index (κ3) is 1.87. The van der Waals surface area contributed by atoms with Crippen LogP contribution in [0.25, 0.3) is 10.9 Å². The maximum absolute atomic E-state index is 5.67. The standard InChI is InChI=1S/C15H22B2N2O/c1-10(18(2)3)15(16,17)19-8-6-11-12-7-9-20-14(12)5-4-13(11)19/h4-6,8,10H,7,9,16-17H2,1-3H3/t10-/m1/s1. The van der Waals surface area contributed by atoms with Crippen LogP contribution in [0.2, 0.25) is 0 Å². The highest BCUT2D eigenvalue weighted by Gasteiger charge is 2.30. The predicted molar refractivity (Wildman–Crippen MR) is 89.3 cm³/mol. The average Bonchev–Trinajstić information content (AvgIpc) is 3.02. The molecule has 0 saturated heterocycles. The number of ether oxygens (including phenoxy) is 1. The van der Waals surface area contributed by atoms with Gasteiger partial charge >= 0.3 is 0 Å². The molecule has 20 heavy (non-hydrogen) atoms. The number of aromatic nitrogens is 1. The Kier molecular flexibility index (Phi) is 3.13. The van der Waals surface area contributed by atoms with E-state index in [4.69, 9.17) is 4.74 Å². The Morgan fingerprint density at radius 2 is 2.05 bits per heavy atom. The molecule has 0 aliphatic carbocycles. The van der Waals surface area contributed by atoms with Crippen molar-refractivity contribution >= 4 is 26.6 Å². The Hall–Kier alpha value is -1.35. The van der Waals surface area contributed by atoms with E-state index < -0.39 is 0 Å². The zero-order chi connectivity index (χ0) is 14.5. The van der Waals surface area contributed by atoms with Crippen LogP contribution in [0.15, 0.2) is 24.4 Å². The maximum Gasteiger partial charge on any atom is 0.126 e. The summed E-state index contributed by atoms with van der Waals surface area (Å²) in [5, 5.41) is 1.39. The first-order chi connectivity index (χ1) is 9.43. The minimum atomic E-state index is 0.0406. The molecule has 2 aromatic rings. The number of fused-ring (bicyclic) bond motifs is 3. The first kappa shape index (κ1) is 13.6. The van der Waals surface area contributed by atoms with Crippen molar-refractivity contribution in [1.82, 2.24) is 9.47 Å². The molecule has 1 aromatic heterocycles. The number of hydrogen-bond donors (Lipinski definition) is 0. The van der Waals surface area contributed by atoms with Gasteiger partial charge in [0.25, 0.3) is 0 Å². The van der Waals surface area contributed by atoms with Gasteiger partial charge in [-0.1, -0.05) is 0 Å². The van der Waals surface area contributed by atoms with Gasteiger partial charge in [0.2, 0.25) is 0 Å². The quantitative estimate of drug-likeness (QED) is 0.750. The summed E-state index contributed by atoms with van der Waals surface area (Å²) in [7, 11) is 8.90. The van der Waals surface area contributed by atoms with Gasteiger partial charge in [-0.15, -0.1) is 0 Å². The average molecular weight is 268 g/mol. The Bertz CT molecular complexity index is 649. The molecule has 1 aliphatic rings. The largest absolute Gasteiger partial charge is 0.493 e. The lowest BCUT2D eigenvalue weighted by Crippen LogP contribution is -2.51. The fourth-order valence-electron chi connectivity index (χ4n) is 3.25. The minimum Gasteiger partial charge on any atom is -0.493 e. The summed E-state index contributed by atoms with van der Waals surface area (Å²) in [6.45, 7) is 3.10. The molecule has 0 unspecified atom stereocenters. The number of hydrogen-bond acceptors (Lipinski definition) is 2. The van der Waals surface area contributed by atoms with Crippen LogP contribution in [-0.2, 0) is 11.8 Å². The van der Waals surface area contributed by atoms with Crippen molar-refractivity contribution in [2.45, 2.75) is 24.7 Å². The van der Waals surface area contributed by atoms with Gasteiger partial charge in [-0.25, -0.2) is 0 Å². The van der Waals surface area contributed by atoms with Crippen LogP contribution in [-0.4, -0.2) is 51.9 Å². The van der Waals surface area contributed by atoms with Crippen molar-refractivity contribution in [2.24, 2.45) is 0 Å². The van der Waals surface area contributed by atoms with E-state index >= 15 is 0 Å². The summed E-state index contributed by atoms with van der Waals surface area (Å²) in [5.74, 6) is 1.06. The van der Waals surface area contributed by atoms with Crippen LogP contribution < -0.4 is 4.74 Å². The van der Waals surface area contributed by atoms with Gasteiger partial charge in [-0.05, 0) is 44.6 Å². The third-order valence-corrected chi connectivity index (χ3v) is 4.97. The second kappa shape index (κ2) is 4.59. The first-order valence-electron chi connectivity index (χ1n) is 7.35. The third-order valence-electron chi connectivity index (χ3n) is 4.97. The van der Waals surface area contributed by atoms with Gasteiger partial charge in [0.05, 0.1) is 6.61 Å². The molecule has 0 bridgehead atoms. The summed E-state index contributed by atoms with van der Waals surface area (Å²) in [6.07, 6.45) is 3.25. The Morgan fingerprint density at radius 1 is 1.30 bits per heavy atom. The normalized spacial score (nSPS) is 16.4. The molecule has 0 spiro atoms. The highest BCUT2D eigenvalue weighted by molar-refractivity contribution is 6.38. The predicted octanol–water partition coefficient (Wildman–Crippen LogP) is 0.403. The van der Waals surface area contributed by atoms with E-state index in [1.54, 1.807) is 0 Å². The molecule has 0 amide bonds. The van der Waals surface area contributed by atoms with Crippen LogP contribution in [0.1, 0.15) is 12.5 Å². The Labute approximate surface area is 122 Å². The summed E-state index contributed by atoms with van der Waals surface area (Å²) in [6, 6.07) is 7.01. The van der Waals surface area contributed by atoms with Crippen molar-refractivity contribution in [1.29, 1.82) is 0 Å². The summed E-state index contributed by atoms with van der Waals surface area (Å²) < 4.78 is 8.08. The number of benzene rings is 1. The second-order valence-corrected chi connectivity index (χ2v) is 6.55. The fraction of sp³-hybridized carbons (Fsp3) is 0.467. The molecule has 1 atom stereocenters. The van der Waals surface area contributed by atoms with Crippen molar-refractivity contribution in [3.05, 3.63) is 30.0 Å². The van der Waals surface area contributed by atoms with E-state index in [-0.39, 0.29) is 5.34 Å². The molecule has 3 rings (SSSR count). The zero-order valence-electron chi connectivity index (χ0n) is 13.1. The van der Waals surface area contributed by atoms with E-state index in [1.807, 2.05) is 0 Å². The van der Waals surface area contributed by atoms with E-state index in [0.29, 0.717) is 6.04 Å². The van der Waals surface area contributed by atoms with Gasteiger partial charge in [0, 0.05) is 35.1 Å². The Morgan fingerprint density at radius 3 is 2.75 bits per heavy atom. The first-order valence-corrected chi connectivity index (χ1v) is 7.35. The molecular weight excluding hydrogens is 246 g/mol. The van der Waals surface area contributed by atoms with Gasteiger partial charge < -0.3 is 14.2 Å². The van der Waals surface area contributed by atoms with Crippen LogP contribution >= 0.6 is 0 Å². The smallest absolute Gasteiger partial charge is 0.126 e. The SMILES string of the molecule is BC(B)([C@@H](C)N(C)C)n1ccc2c3c(ccc21)OCC3. The summed E-state index contributed by atoms with van der Waals surface area (Å²) >= 11 is 0. The van der Waals surface area contributed by atoms with Crippen molar-refractivity contribution < 1.29 is 4.74 Å². The topological polar surface area (TPSA) is 17.4 Å². The van der Waals surface area contributed by atoms with Gasteiger partial charge in [-0.2, -0.15) is 0 Å². The van der Waals surface area contributed by atoms with Gasteiger partial charge in [0.15, 0.2) is 0 Å².